The fourth-order valence-electron chi connectivity index (χ4n) is 2.53. The number of phenolic OH excluding ortho intramolecular Hbond substituents is 1. The van der Waals surface area contributed by atoms with Gasteiger partial charge in [0.05, 0.1) is 13.3 Å². The maximum atomic E-state index is 10.9. The minimum atomic E-state index is -0.853. The quantitative estimate of drug-likeness (QED) is 0.425. The molecule has 2 unspecified atom stereocenters. The molecular weight excluding hydrogens is 352 g/mol. The van der Waals surface area contributed by atoms with Crippen LogP contribution in [0.1, 0.15) is 43.7 Å². The molecule has 1 aromatic rings. The highest BCUT2D eigenvalue weighted by molar-refractivity contribution is 8.00. The molecule has 1 heterocycles. The van der Waals surface area contributed by atoms with Crippen LogP contribution in [-0.2, 0) is 6.42 Å². The first kappa shape index (κ1) is 20.0. The van der Waals surface area contributed by atoms with Crippen LogP contribution in [0, 0.1) is 10.1 Å². The van der Waals surface area contributed by atoms with E-state index in [-0.39, 0.29) is 10.7 Å². The lowest BCUT2D eigenvalue weighted by Crippen LogP contribution is -2.13. The van der Waals surface area contributed by atoms with Crippen LogP contribution in [0.15, 0.2) is 40.4 Å². The summed E-state index contributed by atoms with van der Waals surface area (Å²) in [5.74, 6) is 0.678. The van der Waals surface area contributed by atoms with Crippen molar-refractivity contribution in [2.45, 2.75) is 44.4 Å². The van der Waals surface area contributed by atoms with E-state index in [1.54, 1.807) is 19.2 Å². The molecule has 0 bridgehead atoms. The predicted octanol–water partition coefficient (Wildman–Crippen LogP) is 4.66. The Balaban J connectivity index is 2.20. The molecule has 140 valence electrons. The summed E-state index contributed by atoms with van der Waals surface area (Å²) in [6.07, 6.45) is 6.99. The van der Waals surface area contributed by atoms with Crippen molar-refractivity contribution >= 4 is 18.0 Å². The molecule has 0 aliphatic carbocycles. The molecule has 2 rings (SSSR count). The fraction of sp³-hybridized carbons (Fsp3) is 0.421. The van der Waals surface area contributed by atoms with Gasteiger partial charge in [0, 0.05) is 10.5 Å². The number of benzene rings is 1. The first-order valence-electron chi connectivity index (χ1n) is 8.32. The van der Waals surface area contributed by atoms with Crippen molar-refractivity contribution < 1.29 is 14.8 Å². The minimum absolute atomic E-state index is 0.117. The maximum Gasteiger partial charge on any atom is 0.295 e. The van der Waals surface area contributed by atoms with Crippen molar-refractivity contribution in [1.82, 2.24) is 0 Å². The number of nitrogens with zero attached hydrogens (tertiary/aromatic N) is 2. The van der Waals surface area contributed by atoms with E-state index in [1.807, 2.05) is 0 Å². The molecule has 1 N–H and O–H groups in total. The number of allylic oxidation sites excluding steroid dienone is 4. The first-order valence-corrected chi connectivity index (χ1v) is 9.27. The lowest BCUT2D eigenvalue weighted by Gasteiger charge is -2.14. The summed E-state index contributed by atoms with van der Waals surface area (Å²) in [4.78, 5) is 14.7. The molecule has 0 spiro atoms. The van der Waals surface area contributed by atoms with Gasteiger partial charge in [-0.05, 0) is 63.1 Å². The molecule has 0 saturated carbocycles. The highest BCUT2D eigenvalue weighted by atomic mass is 32.2. The zero-order chi connectivity index (χ0) is 19.3. The molecule has 7 heteroatoms. The summed E-state index contributed by atoms with van der Waals surface area (Å²) in [5.41, 5.74) is 3.87. The summed E-state index contributed by atoms with van der Waals surface area (Å²) in [6.45, 7) is 6.18. The zero-order valence-electron chi connectivity index (χ0n) is 15.4. The van der Waals surface area contributed by atoms with Gasteiger partial charge >= 0.3 is 0 Å². The molecule has 0 saturated heterocycles. The normalized spacial score (nSPS) is 19.5. The molecule has 0 fully saturated rings. The number of nitro groups is 1. The number of aromatic hydroxyl groups is 1. The SMILES string of the molecule is COc1cc(C2N=CC([N+](=O)[O-])S2)cc(O)c1C/C=C(/C)CC=C(C)C. The Morgan fingerprint density at radius 2 is 2.12 bits per heavy atom. The zero-order valence-corrected chi connectivity index (χ0v) is 16.2. The molecular formula is C19H24N2O4S. The molecule has 6 nitrogen and oxygen atoms in total. The molecule has 26 heavy (non-hydrogen) atoms. The summed E-state index contributed by atoms with van der Waals surface area (Å²) in [5, 5.41) is 20.1. The third kappa shape index (κ3) is 5.11. The van der Waals surface area contributed by atoms with Crippen LogP contribution in [0.25, 0.3) is 0 Å². The average Bonchev–Trinajstić information content (AvgIpc) is 3.08. The Bertz CT molecular complexity index is 767. The smallest absolute Gasteiger partial charge is 0.295 e. The third-order valence-electron chi connectivity index (χ3n) is 4.02. The summed E-state index contributed by atoms with van der Waals surface area (Å²) < 4.78 is 5.43. The molecule has 0 amide bonds. The Hall–Kier alpha value is -2.28. The molecule has 1 aliphatic rings. The van der Waals surface area contributed by atoms with Crippen LogP contribution >= 0.6 is 11.8 Å². The summed E-state index contributed by atoms with van der Waals surface area (Å²) in [7, 11) is 1.55. The number of thioether (sulfide) groups is 1. The Morgan fingerprint density at radius 3 is 2.69 bits per heavy atom. The van der Waals surface area contributed by atoms with Gasteiger partial charge in [-0.2, -0.15) is 0 Å². The standard InChI is InChI=1S/C19H24N2O4S/c1-12(2)5-6-13(3)7-8-15-16(22)9-14(10-17(15)25-4)19-20-11-18(26-19)21(23)24/h5,7,9-11,18-19,22H,6,8H2,1-4H3/b13-7-. The van der Waals surface area contributed by atoms with Crippen LogP contribution in [0.3, 0.4) is 0 Å². The Labute approximate surface area is 157 Å². The minimum Gasteiger partial charge on any atom is -0.508 e. The van der Waals surface area contributed by atoms with E-state index in [0.717, 1.165) is 18.2 Å². The van der Waals surface area contributed by atoms with E-state index < -0.39 is 10.7 Å². The van der Waals surface area contributed by atoms with Gasteiger partial charge in [-0.25, -0.2) is 0 Å². The lowest BCUT2D eigenvalue weighted by atomic mass is 10.0. The number of hydrogen-bond donors (Lipinski definition) is 1. The van der Waals surface area contributed by atoms with Crippen molar-refractivity contribution in [3.63, 3.8) is 0 Å². The van der Waals surface area contributed by atoms with Gasteiger partial charge in [0.25, 0.3) is 5.37 Å². The topological polar surface area (TPSA) is 85.0 Å². The highest BCUT2D eigenvalue weighted by Gasteiger charge is 2.31. The van der Waals surface area contributed by atoms with E-state index in [0.29, 0.717) is 23.3 Å². The van der Waals surface area contributed by atoms with Gasteiger partial charge in [0.2, 0.25) is 0 Å². The van der Waals surface area contributed by atoms with Gasteiger partial charge in [-0.15, -0.1) is 0 Å². The number of ether oxygens (including phenoxy) is 1. The highest BCUT2D eigenvalue weighted by Crippen LogP contribution is 2.42. The van der Waals surface area contributed by atoms with Crippen LogP contribution in [0.4, 0.5) is 0 Å². The van der Waals surface area contributed by atoms with Crippen molar-refractivity contribution in [3.05, 3.63) is 56.7 Å². The molecule has 0 aromatic heterocycles. The van der Waals surface area contributed by atoms with E-state index >= 15 is 0 Å². The number of phenols is 1. The molecule has 1 aromatic carbocycles. The largest absolute Gasteiger partial charge is 0.508 e. The van der Waals surface area contributed by atoms with E-state index in [1.165, 1.54) is 17.4 Å². The summed E-state index contributed by atoms with van der Waals surface area (Å²) >= 11 is 1.13. The Kier molecular flexibility index (Phi) is 6.85. The molecule has 0 radical (unpaired) electrons. The number of hydrogen-bond acceptors (Lipinski definition) is 6. The number of methoxy groups -OCH3 is 1. The average molecular weight is 376 g/mol. The second-order valence-corrected chi connectivity index (χ2v) is 7.63. The predicted molar refractivity (Wildman–Crippen MR) is 106 cm³/mol. The molecule has 1 aliphatic heterocycles. The van der Waals surface area contributed by atoms with Gasteiger partial charge in [0.15, 0.2) is 0 Å². The van der Waals surface area contributed by atoms with Crippen LogP contribution < -0.4 is 4.74 Å². The first-order chi connectivity index (χ1) is 12.3. The molecule has 2 atom stereocenters. The summed E-state index contributed by atoms with van der Waals surface area (Å²) in [6, 6.07) is 3.42. The maximum absolute atomic E-state index is 10.9. The fourth-order valence-corrected chi connectivity index (χ4v) is 3.47. The van der Waals surface area contributed by atoms with Gasteiger partial charge in [-0.3, -0.25) is 15.1 Å². The second kappa shape index (κ2) is 8.89. The monoisotopic (exact) mass is 376 g/mol. The van der Waals surface area contributed by atoms with Crippen LogP contribution in [-0.4, -0.2) is 28.7 Å². The number of rotatable bonds is 7. The van der Waals surface area contributed by atoms with Crippen LogP contribution in [0.2, 0.25) is 0 Å². The van der Waals surface area contributed by atoms with Gasteiger partial charge in [0.1, 0.15) is 16.9 Å². The van der Waals surface area contributed by atoms with Crippen LogP contribution in [0.5, 0.6) is 11.5 Å². The van der Waals surface area contributed by atoms with Crippen molar-refractivity contribution in [1.29, 1.82) is 0 Å². The van der Waals surface area contributed by atoms with Crippen molar-refractivity contribution in [3.8, 4) is 11.5 Å². The van der Waals surface area contributed by atoms with Crippen molar-refractivity contribution in [2.75, 3.05) is 7.11 Å². The lowest BCUT2D eigenvalue weighted by molar-refractivity contribution is -0.475. The van der Waals surface area contributed by atoms with Gasteiger partial charge in [-0.1, -0.05) is 23.3 Å². The Morgan fingerprint density at radius 1 is 1.38 bits per heavy atom. The van der Waals surface area contributed by atoms with E-state index in [9.17, 15) is 15.2 Å². The second-order valence-electron chi connectivity index (χ2n) is 6.42. The third-order valence-corrected chi connectivity index (χ3v) is 5.25. The van der Waals surface area contributed by atoms with E-state index in [2.05, 4.69) is 37.9 Å². The van der Waals surface area contributed by atoms with Gasteiger partial charge < -0.3 is 9.84 Å². The van der Waals surface area contributed by atoms with E-state index in [4.69, 9.17) is 4.74 Å². The number of aliphatic imine (C=N–C) groups is 1. The van der Waals surface area contributed by atoms with Crippen molar-refractivity contribution in [2.24, 2.45) is 4.99 Å².